The lowest BCUT2D eigenvalue weighted by Gasteiger charge is -2.36. The zero-order valence-corrected chi connectivity index (χ0v) is 17.9. The molecular formula is C20H25N5O3S. The molecule has 1 amide bonds. The number of piperazine rings is 1. The first kappa shape index (κ1) is 21.0. The fourth-order valence-electron chi connectivity index (χ4n) is 3.41. The Morgan fingerprint density at radius 3 is 2.41 bits per heavy atom. The third kappa shape index (κ3) is 4.34. The number of aromatic nitrogens is 2. The molecular weight excluding hydrogens is 390 g/mol. The van der Waals surface area contributed by atoms with Gasteiger partial charge in [-0.3, -0.25) is 14.9 Å². The number of carbonyl (C=O) groups excluding carboxylic acids is 1. The minimum absolute atomic E-state index is 0.0793. The molecule has 2 aromatic rings. The molecule has 29 heavy (non-hydrogen) atoms. The molecule has 0 atom stereocenters. The second kappa shape index (κ2) is 8.77. The van der Waals surface area contributed by atoms with Crippen LogP contribution in [0.2, 0.25) is 0 Å². The molecule has 2 heterocycles. The fraction of sp³-hybridized carbons (Fsp3) is 0.450. The van der Waals surface area contributed by atoms with E-state index < -0.39 is 0 Å². The van der Waals surface area contributed by atoms with Crippen molar-refractivity contribution in [2.24, 2.45) is 0 Å². The number of anilines is 1. The lowest BCUT2D eigenvalue weighted by molar-refractivity contribution is -0.384. The first-order valence-corrected chi connectivity index (χ1v) is 10.8. The van der Waals surface area contributed by atoms with Crippen LogP contribution in [-0.4, -0.2) is 58.1 Å². The van der Waals surface area contributed by atoms with Gasteiger partial charge in [0.25, 0.3) is 11.6 Å². The molecule has 0 aliphatic carbocycles. The molecule has 9 heteroatoms. The lowest BCUT2D eigenvalue weighted by Crippen LogP contribution is -2.49. The predicted molar refractivity (Wildman–Crippen MR) is 114 cm³/mol. The van der Waals surface area contributed by atoms with Crippen LogP contribution in [0.1, 0.15) is 41.6 Å². The first-order chi connectivity index (χ1) is 13.8. The number of thioether (sulfide) groups is 1. The Morgan fingerprint density at radius 2 is 1.83 bits per heavy atom. The van der Waals surface area contributed by atoms with Crippen LogP contribution in [-0.2, 0) is 0 Å². The van der Waals surface area contributed by atoms with Gasteiger partial charge < -0.3 is 9.80 Å². The maximum atomic E-state index is 13.2. The van der Waals surface area contributed by atoms with E-state index in [0.717, 1.165) is 5.82 Å². The second-order valence-corrected chi connectivity index (χ2v) is 8.03. The highest BCUT2D eigenvalue weighted by Gasteiger charge is 2.29. The van der Waals surface area contributed by atoms with Crippen molar-refractivity contribution in [2.45, 2.75) is 31.7 Å². The molecule has 3 rings (SSSR count). The monoisotopic (exact) mass is 415 g/mol. The summed E-state index contributed by atoms with van der Waals surface area (Å²) in [5.41, 5.74) is 1.93. The van der Waals surface area contributed by atoms with Crippen molar-refractivity contribution in [1.82, 2.24) is 14.9 Å². The number of hydrogen-bond acceptors (Lipinski definition) is 7. The van der Waals surface area contributed by atoms with E-state index in [9.17, 15) is 14.9 Å². The number of nitrogens with zero attached hydrogens (tertiary/aromatic N) is 5. The van der Waals surface area contributed by atoms with Gasteiger partial charge in [-0.15, -0.1) is 11.8 Å². The van der Waals surface area contributed by atoms with Crippen molar-refractivity contribution in [3.63, 3.8) is 0 Å². The predicted octanol–water partition coefficient (Wildman–Crippen LogP) is 3.50. The minimum Gasteiger partial charge on any atom is -0.362 e. The SMILES string of the molecule is CSc1nc(C(C)C)nc(C)c1C(=O)N1CCN(c2ccccc2[N+](=O)[O-])CC1. The zero-order chi connectivity index (χ0) is 21.1. The largest absolute Gasteiger partial charge is 0.362 e. The summed E-state index contributed by atoms with van der Waals surface area (Å²) in [4.78, 5) is 37.0. The summed E-state index contributed by atoms with van der Waals surface area (Å²) < 4.78 is 0. The molecule has 0 N–H and O–H groups in total. The lowest BCUT2D eigenvalue weighted by atomic mass is 10.1. The number of benzene rings is 1. The van der Waals surface area contributed by atoms with Gasteiger partial charge in [-0.2, -0.15) is 0 Å². The Kier molecular flexibility index (Phi) is 6.36. The normalized spacial score (nSPS) is 14.4. The molecule has 1 aliphatic heterocycles. The highest BCUT2D eigenvalue weighted by atomic mass is 32.2. The van der Waals surface area contributed by atoms with Gasteiger partial charge in [0.05, 0.1) is 16.2 Å². The molecule has 1 aliphatic rings. The van der Waals surface area contributed by atoms with Crippen LogP contribution in [0.25, 0.3) is 0 Å². The molecule has 1 fully saturated rings. The van der Waals surface area contributed by atoms with Gasteiger partial charge in [0.15, 0.2) is 0 Å². The summed E-state index contributed by atoms with van der Waals surface area (Å²) in [5, 5.41) is 12.0. The maximum Gasteiger partial charge on any atom is 0.292 e. The number of nitro groups is 1. The summed E-state index contributed by atoms with van der Waals surface area (Å²) in [5.74, 6) is 0.850. The van der Waals surface area contributed by atoms with Crippen LogP contribution in [0.3, 0.4) is 0 Å². The zero-order valence-electron chi connectivity index (χ0n) is 17.1. The molecule has 0 saturated carbocycles. The highest BCUT2D eigenvalue weighted by molar-refractivity contribution is 7.98. The van der Waals surface area contributed by atoms with E-state index in [2.05, 4.69) is 9.97 Å². The number of carbonyl (C=O) groups is 1. The van der Waals surface area contributed by atoms with Gasteiger partial charge in [-0.25, -0.2) is 9.97 Å². The van der Waals surface area contributed by atoms with E-state index in [4.69, 9.17) is 0 Å². The van der Waals surface area contributed by atoms with Gasteiger partial charge in [-0.05, 0) is 19.2 Å². The van der Waals surface area contributed by atoms with Crippen molar-refractivity contribution in [1.29, 1.82) is 0 Å². The van der Waals surface area contributed by atoms with E-state index >= 15 is 0 Å². The van der Waals surface area contributed by atoms with Crippen LogP contribution in [0.5, 0.6) is 0 Å². The van der Waals surface area contributed by atoms with Gasteiger partial charge in [0.2, 0.25) is 0 Å². The van der Waals surface area contributed by atoms with Crippen LogP contribution < -0.4 is 4.90 Å². The average Bonchev–Trinajstić information content (AvgIpc) is 2.72. The molecule has 0 radical (unpaired) electrons. The molecule has 1 aromatic heterocycles. The van der Waals surface area contributed by atoms with Crippen LogP contribution in [0, 0.1) is 17.0 Å². The maximum absolute atomic E-state index is 13.2. The van der Waals surface area contributed by atoms with E-state index in [-0.39, 0.29) is 22.4 Å². The summed E-state index contributed by atoms with van der Waals surface area (Å²) in [6, 6.07) is 6.72. The number of nitro benzene ring substituents is 1. The number of hydrogen-bond donors (Lipinski definition) is 0. The number of amides is 1. The van der Waals surface area contributed by atoms with Gasteiger partial charge in [-0.1, -0.05) is 26.0 Å². The second-order valence-electron chi connectivity index (χ2n) is 7.23. The van der Waals surface area contributed by atoms with Crippen molar-refractivity contribution in [2.75, 3.05) is 37.3 Å². The number of rotatable bonds is 5. The standard InChI is InChI=1S/C20H25N5O3S/c1-13(2)18-21-14(3)17(19(22-18)29-4)20(26)24-11-9-23(10-12-24)15-7-5-6-8-16(15)25(27)28/h5-8,13H,9-12H2,1-4H3. The van der Waals surface area contributed by atoms with Gasteiger partial charge in [0, 0.05) is 38.2 Å². The molecule has 0 bridgehead atoms. The van der Waals surface area contributed by atoms with Crippen molar-refractivity contribution in [3.8, 4) is 0 Å². The summed E-state index contributed by atoms with van der Waals surface area (Å²) in [6.07, 6.45) is 1.91. The molecule has 0 spiro atoms. The molecule has 1 aromatic carbocycles. The van der Waals surface area contributed by atoms with Crippen molar-refractivity contribution in [3.05, 3.63) is 51.5 Å². The Hall–Kier alpha value is -2.68. The van der Waals surface area contributed by atoms with Crippen LogP contribution in [0.15, 0.2) is 29.3 Å². The summed E-state index contributed by atoms with van der Waals surface area (Å²) >= 11 is 1.45. The molecule has 8 nitrogen and oxygen atoms in total. The third-order valence-electron chi connectivity index (χ3n) is 4.98. The Balaban J connectivity index is 1.78. The molecule has 154 valence electrons. The molecule has 1 saturated heterocycles. The number of aryl methyl sites for hydroxylation is 1. The summed E-state index contributed by atoms with van der Waals surface area (Å²) in [6.45, 7) is 7.97. The van der Waals surface area contributed by atoms with E-state index in [1.165, 1.54) is 17.8 Å². The summed E-state index contributed by atoms with van der Waals surface area (Å²) in [7, 11) is 0. The minimum atomic E-state index is -0.366. The Morgan fingerprint density at radius 1 is 1.17 bits per heavy atom. The Labute approximate surface area is 174 Å². The Bertz CT molecular complexity index is 926. The first-order valence-electron chi connectivity index (χ1n) is 9.53. The highest BCUT2D eigenvalue weighted by Crippen LogP contribution is 2.29. The topological polar surface area (TPSA) is 92.5 Å². The van der Waals surface area contributed by atoms with E-state index in [0.29, 0.717) is 48.1 Å². The average molecular weight is 416 g/mol. The van der Waals surface area contributed by atoms with Crippen LogP contribution in [0.4, 0.5) is 11.4 Å². The van der Waals surface area contributed by atoms with E-state index in [1.54, 1.807) is 23.1 Å². The molecule has 0 unspecified atom stereocenters. The van der Waals surface area contributed by atoms with Crippen molar-refractivity contribution >= 4 is 29.0 Å². The van der Waals surface area contributed by atoms with Gasteiger partial charge >= 0.3 is 0 Å². The van der Waals surface area contributed by atoms with Gasteiger partial charge in [0.1, 0.15) is 16.5 Å². The third-order valence-corrected chi connectivity index (χ3v) is 5.67. The smallest absolute Gasteiger partial charge is 0.292 e. The van der Waals surface area contributed by atoms with Crippen LogP contribution >= 0.6 is 11.8 Å². The quantitative estimate of drug-likeness (QED) is 0.319. The van der Waals surface area contributed by atoms with Crippen molar-refractivity contribution < 1.29 is 9.72 Å². The fourth-order valence-corrected chi connectivity index (χ4v) is 4.04. The van der Waals surface area contributed by atoms with E-state index in [1.807, 2.05) is 31.9 Å². The number of para-hydroxylation sites is 2.